The Bertz CT molecular complexity index is 955. The van der Waals surface area contributed by atoms with Gasteiger partial charge in [-0.05, 0) is 6.07 Å². The Morgan fingerprint density at radius 3 is 2.62 bits per heavy atom. The zero-order valence-electron chi connectivity index (χ0n) is 11.5. The van der Waals surface area contributed by atoms with Gasteiger partial charge >= 0.3 is 6.11 Å². The Balaban J connectivity index is 2.56. The fourth-order valence-corrected chi connectivity index (χ4v) is 2.60. The Morgan fingerprint density at radius 2 is 2.08 bits per heavy atom. The van der Waals surface area contributed by atoms with Gasteiger partial charge in [-0.2, -0.15) is 8.78 Å². The van der Waals surface area contributed by atoms with Crippen molar-refractivity contribution in [2.24, 2.45) is 0 Å². The number of carboxylic acid groups (broad SMARTS) is 1. The standard InChI is InChI=1S/C13H7F3N2O6/c14-3-8-13(15,16)24-7-2-1-6(18(22)23)9-10(7)17(8)4-5(11(9)19)12(20)21/h1-2,4,8H,3H2,(H,20,21)/p-1. The summed E-state index contributed by atoms with van der Waals surface area (Å²) in [5, 5.41) is 21.4. The third kappa shape index (κ3) is 2.01. The minimum atomic E-state index is -4.05. The highest BCUT2D eigenvalue weighted by Crippen LogP contribution is 2.44. The van der Waals surface area contributed by atoms with Crippen molar-refractivity contribution in [1.29, 1.82) is 0 Å². The number of carboxylic acids is 1. The Kier molecular flexibility index (Phi) is 3.25. The summed E-state index contributed by atoms with van der Waals surface area (Å²) < 4.78 is 45.8. The number of carbonyl (C=O) groups excluding carboxylic acids is 1. The normalized spacial score (nSPS) is 18.2. The van der Waals surface area contributed by atoms with Crippen molar-refractivity contribution >= 4 is 22.6 Å². The highest BCUT2D eigenvalue weighted by atomic mass is 19.3. The molecule has 1 unspecified atom stereocenters. The highest BCUT2D eigenvalue weighted by Gasteiger charge is 2.48. The van der Waals surface area contributed by atoms with E-state index in [1.54, 1.807) is 0 Å². The Morgan fingerprint density at radius 1 is 1.42 bits per heavy atom. The van der Waals surface area contributed by atoms with Gasteiger partial charge in [-0.15, -0.1) is 0 Å². The van der Waals surface area contributed by atoms with E-state index in [-0.39, 0.29) is 0 Å². The summed E-state index contributed by atoms with van der Waals surface area (Å²) in [5.41, 5.74) is -3.70. The van der Waals surface area contributed by atoms with Crippen molar-refractivity contribution in [1.82, 2.24) is 4.57 Å². The van der Waals surface area contributed by atoms with E-state index in [0.29, 0.717) is 10.8 Å². The molecule has 1 aliphatic rings. The number of nitrogens with zero attached hydrogens (tertiary/aromatic N) is 2. The number of alkyl halides is 3. The monoisotopic (exact) mass is 343 g/mol. The molecular weight excluding hydrogens is 337 g/mol. The van der Waals surface area contributed by atoms with Gasteiger partial charge in [-0.3, -0.25) is 14.9 Å². The van der Waals surface area contributed by atoms with Gasteiger partial charge in [0.2, 0.25) is 5.43 Å². The summed E-state index contributed by atoms with van der Waals surface area (Å²) in [6.45, 7) is -1.67. The number of hydrogen-bond acceptors (Lipinski definition) is 6. The number of ether oxygens (including phenoxy) is 1. The maximum Gasteiger partial charge on any atom is 0.421 e. The number of aromatic carboxylic acids is 1. The molecule has 3 rings (SSSR count). The van der Waals surface area contributed by atoms with Crippen LogP contribution in [0, 0.1) is 10.1 Å². The van der Waals surface area contributed by atoms with Gasteiger partial charge in [-0.25, -0.2) is 4.39 Å². The molecule has 24 heavy (non-hydrogen) atoms. The maximum atomic E-state index is 13.9. The van der Waals surface area contributed by atoms with Gasteiger partial charge in [0.1, 0.15) is 17.6 Å². The second-order valence-electron chi connectivity index (χ2n) is 4.96. The fraction of sp³-hybridized carbons (Fsp3) is 0.231. The number of rotatable bonds is 3. The molecule has 2 aromatic rings. The first-order valence-electron chi connectivity index (χ1n) is 6.39. The smallest absolute Gasteiger partial charge is 0.421 e. The minimum absolute atomic E-state index is 0.466. The largest absolute Gasteiger partial charge is 0.545 e. The van der Waals surface area contributed by atoms with Crippen LogP contribution in [0.4, 0.5) is 18.9 Å². The van der Waals surface area contributed by atoms with Gasteiger partial charge in [0, 0.05) is 12.3 Å². The number of carbonyl (C=O) groups is 1. The van der Waals surface area contributed by atoms with Crippen molar-refractivity contribution in [3.8, 4) is 5.75 Å². The van der Waals surface area contributed by atoms with E-state index in [0.717, 1.165) is 12.1 Å². The molecule has 0 bridgehead atoms. The van der Waals surface area contributed by atoms with Crippen LogP contribution in [-0.4, -0.2) is 28.2 Å². The van der Waals surface area contributed by atoms with Crippen LogP contribution in [0.1, 0.15) is 16.4 Å². The van der Waals surface area contributed by atoms with Crippen molar-refractivity contribution in [2.45, 2.75) is 12.2 Å². The molecule has 1 aliphatic heterocycles. The molecule has 0 radical (unpaired) electrons. The lowest BCUT2D eigenvalue weighted by Gasteiger charge is -2.33. The molecule has 1 aromatic heterocycles. The molecule has 11 heteroatoms. The number of hydrogen-bond donors (Lipinski definition) is 0. The predicted octanol–water partition coefficient (Wildman–Crippen LogP) is 0.769. The lowest BCUT2D eigenvalue weighted by Crippen LogP contribution is -2.43. The lowest BCUT2D eigenvalue weighted by atomic mass is 10.1. The summed E-state index contributed by atoms with van der Waals surface area (Å²) in [6.07, 6.45) is -3.57. The molecule has 1 atom stereocenters. The van der Waals surface area contributed by atoms with E-state index in [2.05, 4.69) is 4.74 Å². The van der Waals surface area contributed by atoms with E-state index in [1.165, 1.54) is 0 Å². The van der Waals surface area contributed by atoms with Crippen LogP contribution in [0.25, 0.3) is 10.9 Å². The zero-order chi connectivity index (χ0) is 17.8. The Labute approximate surface area is 129 Å². The number of benzene rings is 1. The SMILES string of the molecule is O=C([O-])c1cn2c3c(ccc([N+](=O)[O-])c3c1=O)OC(F)(F)C2CF. The van der Waals surface area contributed by atoms with Gasteiger partial charge in [0.25, 0.3) is 5.69 Å². The average Bonchev–Trinajstić information content (AvgIpc) is 2.48. The van der Waals surface area contributed by atoms with Crippen LogP contribution in [-0.2, 0) is 0 Å². The van der Waals surface area contributed by atoms with Gasteiger partial charge < -0.3 is 19.2 Å². The topological polar surface area (TPSA) is 114 Å². The van der Waals surface area contributed by atoms with Crippen molar-refractivity contribution < 1.29 is 32.7 Å². The van der Waals surface area contributed by atoms with Crippen molar-refractivity contribution in [3.63, 3.8) is 0 Å². The maximum absolute atomic E-state index is 13.9. The molecule has 0 fully saturated rings. The number of nitro groups is 1. The summed E-state index contributed by atoms with van der Waals surface area (Å²) in [7, 11) is 0. The van der Waals surface area contributed by atoms with Gasteiger partial charge in [0.05, 0.1) is 16.5 Å². The first-order chi connectivity index (χ1) is 11.2. The molecule has 8 nitrogen and oxygen atoms in total. The number of aromatic nitrogens is 1. The van der Waals surface area contributed by atoms with Crippen LogP contribution in [0.15, 0.2) is 23.1 Å². The summed E-state index contributed by atoms with van der Waals surface area (Å²) in [6, 6.07) is -0.737. The zero-order valence-corrected chi connectivity index (χ0v) is 11.5. The molecular formula is C13H6F3N2O6-. The van der Waals surface area contributed by atoms with Gasteiger partial charge in [-0.1, -0.05) is 0 Å². The average molecular weight is 343 g/mol. The van der Waals surface area contributed by atoms with Gasteiger partial charge in [0.15, 0.2) is 11.8 Å². The molecule has 0 amide bonds. The molecule has 0 spiro atoms. The second-order valence-corrected chi connectivity index (χ2v) is 4.96. The number of non-ortho nitro benzene ring substituents is 1. The summed E-state index contributed by atoms with van der Waals surface area (Å²) >= 11 is 0. The highest BCUT2D eigenvalue weighted by molar-refractivity contribution is 5.98. The third-order valence-electron chi connectivity index (χ3n) is 3.65. The van der Waals surface area contributed by atoms with Crippen LogP contribution >= 0.6 is 0 Å². The quantitative estimate of drug-likeness (QED) is 0.600. The molecule has 0 saturated carbocycles. The molecule has 0 saturated heterocycles. The molecule has 126 valence electrons. The minimum Gasteiger partial charge on any atom is -0.545 e. The van der Waals surface area contributed by atoms with E-state index in [4.69, 9.17) is 0 Å². The van der Waals surface area contributed by atoms with E-state index < -0.39 is 63.0 Å². The first kappa shape index (κ1) is 15.8. The fourth-order valence-electron chi connectivity index (χ4n) is 2.60. The van der Waals surface area contributed by atoms with E-state index >= 15 is 0 Å². The third-order valence-corrected chi connectivity index (χ3v) is 3.65. The molecule has 1 aromatic carbocycles. The van der Waals surface area contributed by atoms with E-state index in [1.807, 2.05) is 0 Å². The molecule has 0 N–H and O–H groups in total. The number of halogens is 3. The second kappa shape index (κ2) is 4.94. The first-order valence-corrected chi connectivity index (χ1v) is 6.39. The summed E-state index contributed by atoms with van der Waals surface area (Å²) in [5.74, 6) is -2.63. The number of pyridine rings is 1. The van der Waals surface area contributed by atoms with Crippen LogP contribution in [0.5, 0.6) is 5.75 Å². The van der Waals surface area contributed by atoms with E-state index in [9.17, 15) is 38.0 Å². The van der Waals surface area contributed by atoms with Crippen LogP contribution in [0.3, 0.4) is 0 Å². The van der Waals surface area contributed by atoms with Crippen molar-refractivity contribution in [2.75, 3.05) is 6.67 Å². The molecule has 0 aliphatic carbocycles. The summed E-state index contributed by atoms with van der Waals surface area (Å²) in [4.78, 5) is 33.4. The van der Waals surface area contributed by atoms with Crippen molar-refractivity contribution in [3.05, 3.63) is 44.2 Å². The van der Waals surface area contributed by atoms with Crippen LogP contribution < -0.4 is 15.3 Å². The lowest BCUT2D eigenvalue weighted by molar-refractivity contribution is -0.383. The molecule has 2 heterocycles. The predicted molar refractivity (Wildman–Crippen MR) is 69.8 cm³/mol. The Hall–Kier alpha value is -3.11. The number of nitro benzene ring substituents is 1. The van der Waals surface area contributed by atoms with Crippen LogP contribution in [0.2, 0.25) is 0 Å².